The van der Waals surface area contributed by atoms with Gasteiger partial charge >= 0.3 is 0 Å². The minimum Gasteiger partial charge on any atom is -0.383 e. The predicted octanol–water partition coefficient (Wildman–Crippen LogP) is 3.34. The van der Waals surface area contributed by atoms with E-state index in [4.69, 9.17) is 4.74 Å². The normalized spacial score (nSPS) is 26.8. The predicted molar refractivity (Wildman–Crippen MR) is 149 cm³/mol. The number of benzene rings is 2. The molecule has 202 valence electrons. The van der Waals surface area contributed by atoms with Crippen LogP contribution in [0, 0.1) is 13.8 Å². The Bertz CT molecular complexity index is 1180. The molecule has 0 radical (unpaired) electrons. The molecular formula is C29H42N4O3S. The third-order valence-electron chi connectivity index (χ3n) is 8.81. The summed E-state index contributed by atoms with van der Waals surface area (Å²) in [6.07, 6.45) is 1.90. The van der Waals surface area contributed by atoms with Crippen LogP contribution in [0.15, 0.2) is 42.5 Å². The van der Waals surface area contributed by atoms with Gasteiger partial charge in [-0.05, 0) is 68.1 Å². The highest BCUT2D eigenvalue weighted by molar-refractivity contribution is 7.86. The number of piperazine rings is 1. The molecular weight excluding hydrogens is 484 g/mol. The van der Waals surface area contributed by atoms with Crippen LogP contribution < -0.4 is 0 Å². The number of methoxy groups -OCH3 is 1. The van der Waals surface area contributed by atoms with Crippen molar-refractivity contribution in [2.45, 2.75) is 44.7 Å². The molecule has 3 unspecified atom stereocenters. The van der Waals surface area contributed by atoms with E-state index >= 15 is 0 Å². The van der Waals surface area contributed by atoms with Gasteiger partial charge in [0.1, 0.15) is 0 Å². The minimum atomic E-state index is -3.48. The molecule has 3 saturated heterocycles. The molecule has 2 aromatic rings. The molecule has 3 atom stereocenters. The van der Waals surface area contributed by atoms with E-state index < -0.39 is 10.2 Å². The van der Waals surface area contributed by atoms with Crippen molar-refractivity contribution in [3.8, 4) is 11.1 Å². The second-order valence-electron chi connectivity index (χ2n) is 11.0. The van der Waals surface area contributed by atoms with Gasteiger partial charge in [0.15, 0.2) is 0 Å². The maximum Gasteiger partial charge on any atom is 0.282 e. The molecule has 3 fully saturated rings. The molecule has 2 aromatic carbocycles. The van der Waals surface area contributed by atoms with Gasteiger partial charge < -0.3 is 9.64 Å². The van der Waals surface area contributed by atoms with Gasteiger partial charge in [-0.3, -0.25) is 4.90 Å². The Labute approximate surface area is 223 Å². The molecule has 5 rings (SSSR count). The lowest BCUT2D eigenvalue weighted by Crippen LogP contribution is -2.68. The highest BCUT2D eigenvalue weighted by atomic mass is 32.2. The van der Waals surface area contributed by atoms with Crippen LogP contribution in [0.4, 0.5) is 0 Å². The molecule has 0 aromatic heterocycles. The Morgan fingerprint density at radius 1 is 0.892 bits per heavy atom. The number of aryl methyl sites for hydroxylation is 1. The van der Waals surface area contributed by atoms with Gasteiger partial charge in [-0.2, -0.15) is 17.0 Å². The molecule has 8 heteroatoms. The monoisotopic (exact) mass is 526 g/mol. The van der Waals surface area contributed by atoms with E-state index in [1.54, 1.807) is 15.7 Å². The molecule has 37 heavy (non-hydrogen) atoms. The van der Waals surface area contributed by atoms with E-state index in [2.05, 4.69) is 73.2 Å². The smallest absolute Gasteiger partial charge is 0.282 e. The summed E-state index contributed by atoms with van der Waals surface area (Å²) in [5.41, 5.74) is 6.38. The summed E-state index contributed by atoms with van der Waals surface area (Å²) in [6.45, 7) is 9.84. The molecule has 3 aliphatic heterocycles. The lowest BCUT2D eigenvalue weighted by molar-refractivity contribution is -0.0639. The van der Waals surface area contributed by atoms with Gasteiger partial charge in [-0.15, -0.1) is 0 Å². The van der Waals surface area contributed by atoms with Crippen molar-refractivity contribution in [3.63, 3.8) is 0 Å². The third-order valence-corrected chi connectivity index (χ3v) is 10.8. The Hall–Kier alpha value is -1.81. The van der Waals surface area contributed by atoms with Crippen molar-refractivity contribution in [1.82, 2.24) is 18.4 Å². The first-order chi connectivity index (χ1) is 17.8. The first-order valence-electron chi connectivity index (χ1n) is 13.7. The van der Waals surface area contributed by atoms with Crippen molar-refractivity contribution in [2.75, 3.05) is 66.6 Å². The van der Waals surface area contributed by atoms with Gasteiger partial charge in [0.05, 0.1) is 6.61 Å². The molecule has 0 spiro atoms. The summed E-state index contributed by atoms with van der Waals surface area (Å²) >= 11 is 0. The van der Waals surface area contributed by atoms with Crippen molar-refractivity contribution in [3.05, 3.63) is 59.2 Å². The Kier molecular flexibility index (Phi) is 8.05. The van der Waals surface area contributed by atoms with E-state index in [0.717, 1.165) is 32.5 Å². The molecule has 0 N–H and O–H groups in total. The van der Waals surface area contributed by atoms with Gasteiger partial charge in [0, 0.05) is 64.4 Å². The maximum absolute atomic E-state index is 13.7. The highest BCUT2D eigenvalue weighted by Crippen LogP contribution is 2.43. The lowest BCUT2D eigenvalue weighted by Gasteiger charge is -2.57. The van der Waals surface area contributed by atoms with Gasteiger partial charge in [-0.25, -0.2) is 0 Å². The number of ether oxygens (including phenoxy) is 1. The van der Waals surface area contributed by atoms with Crippen molar-refractivity contribution >= 4 is 10.2 Å². The van der Waals surface area contributed by atoms with E-state index in [-0.39, 0.29) is 18.0 Å². The zero-order chi connectivity index (χ0) is 26.2. The van der Waals surface area contributed by atoms with Crippen LogP contribution in [-0.4, -0.2) is 105 Å². The zero-order valence-corrected chi connectivity index (χ0v) is 23.6. The van der Waals surface area contributed by atoms with Crippen LogP contribution in [0.2, 0.25) is 0 Å². The summed E-state index contributed by atoms with van der Waals surface area (Å²) in [4.78, 5) is 4.69. The number of fused-ring (bicyclic) bond motifs is 1. The number of rotatable bonds is 6. The van der Waals surface area contributed by atoms with Crippen molar-refractivity contribution in [1.29, 1.82) is 0 Å². The largest absolute Gasteiger partial charge is 0.383 e. The summed E-state index contributed by atoms with van der Waals surface area (Å²) in [6, 6.07) is 15.8. The fourth-order valence-corrected chi connectivity index (χ4v) is 8.05. The first kappa shape index (κ1) is 26.8. The summed E-state index contributed by atoms with van der Waals surface area (Å²) < 4.78 is 36.5. The van der Waals surface area contributed by atoms with Crippen molar-refractivity contribution < 1.29 is 13.2 Å². The van der Waals surface area contributed by atoms with E-state index in [1.165, 1.54) is 27.8 Å². The van der Waals surface area contributed by atoms with Crippen LogP contribution in [0.3, 0.4) is 0 Å². The topological polar surface area (TPSA) is 56.3 Å². The highest BCUT2D eigenvalue weighted by Gasteiger charge is 2.51. The summed E-state index contributed by atoms with van der Waals surface area (Å²) in [5.74, 6) is 0.246. The number of likely N-dealkylation sites (N-methyl/N-ethyl adjacent to an activating group) is 1. The molecule has 0 saturated carbocycles. The molecule has 0 aliphatic carbocycles. The second kappa shape index (κ2) is 11.1. The standard InChI is InChI=1S/C29H42N4O3S/c1-22-8-7-9-26(23(22)2)24-10-12-25(13-11-24)29-27-20-32(14-5-6-15-33(27)28(29)21-36-4)37(34,35)31-18-16-30(3)17-19-31/h7-13,27-29H,5-6,14-21H2,1-4H3. The Balaban J connectivity index is 1.40. The lowest BCUT2D eigenvalue weighted by atomic mass is 9.74. The van der Waals surface area contributed by atoms with Crippen LogP contribution >= 0.6 is 0 Å². The fourth-order valence-electron chi connectivity index (χ4n) is 6.40. The fraction of sp³-hybridized carbons (Fsp3) is 0.586. The third kappa shape index (κ3) is 5.24. The number of nitrogens with zero attached hydrogens (tertiary/aromatic N) is 4. The Morgan fingerprint density at radius 2 is 1.59 bits per heavy atom. The van der Waals surface area contributed by atoms with Gasteiger partial charge in [0.25, 0.3) is 10.2 Å². The summed E-state index contributed by atoms with van der Waals surface area (Å²) in [7, 11) is 0.345. The minimum absolute atomic E-state index is 0.161. The molecule has 3 heterocycles. The maximum atomic E-state index is 13.7. The van der Waals surface area contributed by atoms with E-state index in [0.29, 0.717) is 32.8 Å². The van der Waals surface area contributed by atoms with Crippen LogP contribution in [-0.2, 0) is 14.9 Å². The van der Waals surface area contributed by atoms with Gasteiger partial charge in [0.2, 0.25) is 0 Å². The molecule has 0 amide bonds. The average Bonchev–Trinajstić information content (AvgIpc) is 2.87. The summed E-state index contributed by atoms with van der Waals surface area (Å²) in [5, 5.41) is 0. The second-order valence-corrected chi connectivity index (χ2v) is 12.9. The van der Waals surface area contributed by atoms with E-state index in [1.807, 2.05) is 0 Å². The molecule has 3 aliphatic rings. The Morgan fingerprint density at radius 3 is 2.30 bits per heavy atom. The number of hydrogen-bond donors (Lipinski definition) is 0. The van der Waals surface area contributed by atoms with Crippen molar-refractivity contribution in [2.24, 2.45) is 0 Å². The quantitative estimate of drug-likeness (QED) is 0.578. The first-order valence-corrected chi connectivity index (χ1v) is 15.1. The van der Waals surface area contributed by atoms with E-state index in [9.17, 15) is 8.42 Å². The van der Waals surface area contributed by atoms with Crippen LogP contribution in [0.1, 0.15) is 35.4 Å². The molecule has 7 nitrogen and oxygen atoms in total. The van der Waals surface area contributed by atoms with Crippen LogP contribution in [0.25, 0.3) is 11.1 Å². The SMILES string of the molecule is COCC1C(c2ccc(-c3cccc(C)c3C)cc2)C2CN(S(=O)(=O)N3CCN(C)CC3)CCCCN12. The zero-order valence-electron chi connectivity index (χ0n) is 22.8. The van der Waals surface area contributed by atoms with Crippen LogP contribution in [0.5, 0.6) is 0 Å². The molecule has 0 bridgehead atoms. The average molecular weight is 527 g/mol. The number of hydrogen-bond acceptors (Lipinski definition) is 5. The van der Waals surface area contributed by atoms with Gasteiger partial charge in [-0.1, -0.05) is 42.5 Å².